The number of aryl methyl sites for hydroxylation is 1. The van der Waals surface area contributed by atoms with Crippen molar-refractivity contribution in [1.82, 2.24) is 9.13 Å². The van der Waals surface area contributed by atoms with Crippen LogP contribution in [0.15, 0.2) is 15.8 Å². The molecule has 1 aromatic heterocycles. The molecule has 6 heteroatoms. The summed E-state index contributed by atoms with van der Waals surface area (Å²) in [5.74, 6) is 0. The summed E-state index contributed by atoms with van der Waals surface area (Å²) in [5.41, 5.74) is 4.63. The molecule has 0 saturated heterocycles. The lowest BCUT2D eigenvalue weighted by Gasteiger charge is -2.07. The molecule has 0 bridgehead atoms. The largest absolute Gasteiger partial charge is 0.393 e. The first-order valence-corrected chi connectivity index (χ1v) is 4.12. The number of aromatic nitrogens is 2. The summed E-state index contributed by atoms with van der Waals surface area (Å²) in [4.78, 5) is 22.9. The maximum absolute atomic E-state index is 11.5. The Morgan fingerprint density at radius 3 is 2.71 bits per heavy atom. The Morgan fingerprint density at radius 1 is 1.50 bits per heavy atom. The Balaban J connectivity index is 3.26. The van der Waals surface area contributed by atoms with E-state index in [4.69, 9.17) is 10.5 Å². The van der Waals surface area contributed by atoms with E-state index in [0.717, 1.165) is 4.57 Å². The van der Waals surface area contributed by atoms with Gasteiger partial charge in [0.05, 0.1) is 13.2 Å². The number of methoxy groups -OCH3 is 1. The first kappa shape index (κ1) is 10.5. The Bertz CT molecular complexity index is 398. The van der Waals surface area contributed by atoms with E-state index in [1.165, 1.54) is 17.9 Å². The van der Waals surface area contributed by atoms with Gasteiger partial charge in [-0.25, -0.2) is 4.79 Å². The maximum atomic E-state index is 11.5. The van der Waals surface area contributed by atoms with Crippen molar-refractivity contribution in [3.05, 3.63) is 27.0 Å². The molecular formula is C8H13N3O3. The fourth-order valence-electron chi connectivity index (χ4n) is 1.13. The summed E-state index contributed by atoms with van der Waals surface area (Å²) in [7, 11) is 3.04. The zero-order valence-corrected chi connectivity index (χ0v) is 8.19. The van der Waals surface area contributed by atoms with Gasteiger partial charge in [0.25, 0.3) is 5.56 Å². The Morgan fingerprint density at radius 2 is 2.14 bits per heavy atom. The van der Waals surface area contributed by atoms with E-state index in [9.17, 15) is 9.59 Å². The minimum atomic E-state index is -0.467. The van der Waals surface area contributed by atoms with Crippen LogP contribution in [0.5, 0.6) is 0 Å². The highest BCUT2D eigenvalue weighted by atomic mass is 16.5. The van der Waals surface area contributed by atoms with E-state index in [2.05, 4.69) is 0 Å². The number of rotatable bonds is 3. The summed E-state index contributed by atoms with van der Waals surface area (Å²) in [6, 6.07) is 0. The van der Waals surface area contributed by atoms with Gasteiger partial charge in [0.15, 0.2) is 0 Å². The first-order chi connectivity index (χ1) is 6.57. The van der Waals surface area contributed by atoms with Gasteiger partial charge in [-0.3, -0.25) is 9.36 Å². The van der Waals surface area contributed by atoms with E-state index < -0.39 is 5.56 Å². The topological polar surface area (TPSA) is 79.2 Å². The average Bonchev–Trinajstić information content (AvgIpc) is 2.15. The number of ether oxygens (including phenoxy) is 1. The van der Waals surface area contributed by atoms with Crippen LogP contribution in [0.4, 0.5) is 5.69 Å². The van der Waals surface area contributed by atoms with E-state index in [0.29, 0.717) is 6.61 Å². The van der Waals surface area contributed by atoms with Gasteiger partial charge < -0.3 is 15.0 Å². The van der Waals surface area contributed by atoms with Gasteiger partial charge >= 0.3 is 5.69 Å². The smallest absolute Gasteiger partial charge is 0.330 e. The summed E-state index contributed by atoms with van der Waals surface area (Å²) < 4.78 is 7.11. The molecule has 0 atom stereocenters. The minimum absolute atomic E-state index is 0.0585. The molecule has 0 saturated carbocycles. The molecule has 1 heterocycles. The third-order valence-corrected chi connectivity index (χ3v) is 1.88. The molecule has 78 valence electrons. The minimum Gasteiger partial charge on any atom is -0.393 e. The van der Waals surface area contributed by atoms with Crippen molar-refractivity contribution in [3.8, 4) is 0 Å². The second-order valence-electron chi connectivity index (χ2n) is 2.93. The molecule has 0 unspecified atom stereocenters. The van der Waals surface area contributed by atoms with Gasteiger partial charge in [0.2, 0.25) is 0 Å². The number of anilines is 1. The van der Waals surface area contributed by atoms with Gasteiger partial charge in [-0.2, -0.15) is 0 Å². The highest BCUT2D eigenvalue weighted by Crippen LogP contribution is 1.86. The number of nitrogen functional groups attached to an aromatic ring is 1. The fourth-order valence-corrected chi connectivity index (χ4v) is 1.13. The van der Waals surface area contributed by atoms with Crippen molar-refractivity contribution in [3.63, 3.8) is 0 Å². The summed E-state index contributed by atoms with van der Waals surface area (Å²) >= 11 is 0. The number of nitrogens with zero attached hydrogens (tertiary/aromatic N) is 2. The Kier molecular flexibility index (Phi) is 3.08. The highest BCUT2D eigenvalue weighted by molar-refractivity contribution is 5.30. The lowest BCUT2D eigenvalue weighted by Crippen LogP contribution is -2.40. The fraction of sp³-hybridized carbons (Fsp3) is 0.500. The first-order valence-electron chi connectivity index (χ1n) is 4.12. The lowest BCUT2D eigenvalue weighted by molar-refractivity contribution is 0.184. The van der Waals surface area contributed by atoms with Crippen LogP contribution >= 0.6 is 0 Å². The molecule has 0 aromatic carbocycles. The zero-order chi connectivity index (χ0) is 10.7. The molecule has 1 rings (SSSR count). The van der Waals surface area contributed by atoms with Crippen molar-refractivity contribution >= 4 is 5.69 Å². The second kappa shape index (κ2) is 4.10. The van der Waals surface area contributed by atoms with Crippen LogP contribution < -0.4 is 17.0 Å². The standard InChI is InChI=1S/C8H13N3O3/c1-10-5-6(9)7(12)11(8(10)13)3-4-14-2/h5H,3-4,9H2,1-2H3. The van der Waals surface area contributed by atoms with Crippen molar-refractivity contribution < 1.29 is 4.74 Å². The molecule has 0 fully saturated rings. The summed E-state index contributed by atoms with van der Waals surface area (Å²) in [5, 5.41) is 0. The molecule has 6 nitrogen and oxygen atoms in total. The van der Waals surface area contributed by atoms with E-state index in [1.807, 2.05) is 0 Å². The predicted molar refractivity (Wildman–Crippen MR) is 52.2 cm³/mol. The third-order valence-electron chi connectivity index (χ3n) is 1.88. The van der Waals surface area contributed by atoms with E-state index >= 15 is 0 Å². The molecule has 0 aliphatic rings. The molecule has 0 aliphatic carbocycles. The van der Waals surface area contributed by atoms with Crippen LogP contribution in [-0.2, 0) is 18.3 Å². The quantitative estimate of drug-likeness (QED) is 0.661. The van der Waals surface area contributed by atoms with Crippen LogP contribution in [0.3, 0.4) is 0 Å². The maximum Gasteiger partial charge on any atom is 0.330 e. The molecule has 0 aliphatic heterocycles. The molecular weight excluding hydrogens is 186 g/mol. The lowest BCUT2D eigenvalue weighted by atomic mass is 10.5. The van der Waals surface area contributed by atoms with Crippen molar-refractivity contribution in [2.45, 2.75) is 6.54 Å². The summed E-state index contributed by atoms with van der Waals surface area (Å²) in [6.45, 7) is 0.519. The Hall–Kier alpha value is -1.56. The van der Waals surface area contributed by atoms with Gasteiger partial charge in [-0.1, -0.05) is 0 Å². The van der Waals surface area contributed by atoms with Crippen LogP contribution in [0.25, 0.3) is 0 Å². The SMILES string of the molecule is COCCn1c(=O)c(N)cn(C)c1=O. The van der Waals surface area contributed by atoms with Crippen molar-refractivity contribution in [2.24, 2.45) is 7.05 Å². The van der Waals surface area contributed by atoms with Crippen LogP contribution in [-0.4, -0.2) is 22.9 Å². The molecule has 0 radical (unpaired) electrons. The zero-order valence-electron chi connectivity index (χ0n) is 8.19. The normalized spacial score (nSPS) is 10.4. The predicted octanol–water partition coefficient (Wildman–Crippen LogP) is -1.22. The van der Waals surface area contributed by atoms with Gasteiger partial charge in [-0.05, 0) is 0 Å². The second-order valence-corrected chi connectivity index (χ2v) is 2.93. The summed E-state index contributed by atoms with van der Waals surface area (Å²) in [6.07, 6.45) is 1.31. The molecule has 14 heavy (non-hydrogen) atoms. The average molecular weight is 199 g/mol. The number of nitrogens with two attached hydrogens (primary N) is 1. The number of hydrogen-bond donors (Lipinski definition) is 1. The van der Waals surface area contributed by atoms with Gasteiger partial charge in [0, 0.05) is 20.4 Å². The van der Waals surface area contributed by atoms with E-state index in [1.54, 1.807) is 7.05 Å². The van der Waals surface area contributed by atoms with Gasteiger partial charge in [0.1, 0.15) is 5.69 Å². The number of hydrogen-bond acceptors (Lipinski definition) is 4. The van der Waals surface area contributed by atoms with Crippen molar-refractivity contribution in [2.75, 3.05) is 19.5 Å². The highest BCUT2D eigenvalue weighted by Gasteiger charge is 2.06. The van der Waals surface area contributed by atoms with Crippen LogP contribution in [0.1, 0.15) is 0 Å². The Labute approximate surface area is 80.5 Å². The molecule has 1 aromatic rings. The van der Waals surface area contributed by atoms with Crippen molar-refractivity contribution in [1.29, 1.82) is 0 Å². The molecule has 2 N–H and O–H groups in total. The third kappa shape index (κ3) is 1.85. The molecule has 0 spiro atoms. The van der Waals surface area contributed by atoms with Crippen LogP contribution in [0.2, 0.25) is 0 Å². The molecule has 0 amide bonds. The van der Waals surface area contributed by atoms with Crippen LogP contribution in [0, 0.1) is 0 Å². The van der Waals surface area contributed by atoms with Gasteiger partial charge in [-0.15, -0.1) is 0 Å². The van der Waals surface area contributed by atoms with E-state index in [-0.39, 0.29) is 17.9 Å². The monoisotopic (exact) mass is 199 g/mol.